The summed E-state index contributed by atoms with van der Waals surface area (Å²) in [6.45, 7) is 1.24. The minimum absolute atomic E-state index is 0.0111. The van der Waals surface area contributed by atoms with E-state index in [1.54, 1.807) is 55.5 Å². The van der Waals surface area contributed by atoms with Gasteiger partial charge in [-0.05, 0) is 73.2 Å². The van der Waals surface area contributed by atoms with Crippen molar-refractivity contribution < 1.29 is 26.4 Å². The van der Waals surface area contributed by atoms with Gasteiger partial charge in [0.1, 0.15) is 12.3 Å². The number of ether oxygens (including phenoxy) is 1. The molecule has 2 N–H and O–H groups in total. The maximum Gasteiger partial charge on any atom is 0.264 e. The fourth-order valence-electron chi connectivity index (χ4n) is 3.70. The van der Waals surface area contributed by atoms with Gasteiger partial charge in [0.05, 0.1) is 34.5 Å². The highest BCUT2D eigenvalue weighted by Gasteiger charge is 2.29. The first-order valence-electron chi connectivity index (χ1n) is 11.7. The molecular formula is C27H26N4O6S2. The molecule has 12 heteroatoms. The molecule has 0 saturated carbocycles. The van der Waals surface area contributed by atoms with Crippen LogP contribution in [0.15, 0.2) is 107 Å². The average molecular weight is 567 g/mol. The molecule has 0 unspecified atom stereocenters. The van der Waals surface area contributed by atoms with Gasteiger partial charge in [-0.1, -0.05) is 24.3 Å². The van der Waals surface area contributed by atoms with Crippen LogP contribution in [0.25, 0.3) is 0 Å². The molecule has 10 nitrogen and oxygen atoms in total. The number of carbonyl (C=O) groups is 1. The smallest absolute Gasteiger partial charge is 0.264 e. The van der Waals surface area contributed by atoms with Crippen molar-refractivity contribution in [3.63, 3.8) is 0 Å². The summed E-state index contributed by atoms with van der Waals surface area (Å²) in [6.07, 6.45) is 2.90. The van der Waals surface area contributed by atoms with Gasteiger partial charge in [0, 0.05) is 11.9 Å². The number of pyridine rings is 1. The first-order valence-corrected chi connectivity index (χ1v) is 14.6. The molecule has 39 heavy (non-hydrogen) atoms. The van der Waals surface area contributed by atoms with Crippen molar-refractivity contribution in [1.82, 2.24) is 4.98 Å². The summed E-state index contributed by atoms with van der Waals surface area (Å²) >= 11 is 0. The van der Waals surface area contributed by atoms with Crippen LogP contribution < -0.4 is 19.1 Å². The maximum atomic E-state index is 13.6. The van der Waals surface area contributed by atoms with E-state index in [9.17, 15) is 21.6 Å². The number of hydrogen-bond donors (Lipinski definition) is 2. The number of carbonyl (C=O) groups excluding carboxylic acids is 1. The molecule has 0 bridgehead atoms. The van der Waals surface area contributed by atoms with Crippen molar-refractivity contribution in [3.8, 4) is 5.75 Å². The van der Waals surface area contributed by atoms with Gasteiger partial charge in [0.25, 0.3) is 20.0 Å². The Labute approximate surface area is 227 Å². The summed E-state index contributed by atoms with van der Waals surface area (Å²) in [5.74, 6) is -0.356. The highest BCUT2D eigenvalue weighted by Crippen LogP contribution is 2.33. The third kappa shape index (κ3) is 6.54. The van der Waals surface area contributed by atoms with Crippen molar-refractivity contribution in [2.75, 3.05) is 28.0 Å². The summed E-state index contributed by atoms with van der Waals surface area (Å²) in [6, 6.07) is 21.5. The molecule has 4 aromatic rings. The second-order valence-corrected chi connectivity index (χ2v) is 12.0. The van der Waals surface area contributed by atoms with Gasteiger partial charge < -0.3 is 10.1 Å². The minimum atomic E-state index is -4.15. The van der Waals surface area contributed by atoms with Gasteiger partial charge in [-0.15, -0.1) is 0 Å². The number of nitrogens with one attached hydrogen (secondary N) is 2. The summed E-state index contributed by atoms with van der Waals surface area (Å²) < 4.78 is 61.4. The molecule has 202 valence electrons. The lowest BCUT2D eigenvalue weighted by Crippen LogP contribution is -2.38. The van der Waals surface area contributed by atoms with Crippen LogP contribution in [-0.2, 0) is 24.8 Å². The van der Waals surface area contributed by atoms with Crippen molar-refractivity contribution in [3.05, 3.63) is 103 Å². The zero-order chi connectivity index (χ0) is 28.0. The normalized spacial score (nSPS) is 11.4. The van der Waals surface area contributed by atoms with Crippen LogP contribution >= 0.6 is 0 Å². The van der Waals surface area contributed by atoms with E-state index >= 15 is 0 Å². The fraction of sp³-hybridized carbons (Fsp3) is 0.111. The molecular weight excluding hydrogens is 540 g/mol. The zero-order valence-corrected chi connectivity index (χ0v) is 22.7. The predicted molar refractivity (Wildman–Crippen MR) is 149 cm³/mol. The zero-order valence-electron chi connectivity index (χ0n) is 21.1. The SMILES string of the molecule is COc1ccc(C)cc1N(CC(=O)Nc1ccc(S(=O)(=O)Nc2cccnc2)cc1)S(=O)(=O)c1ccccc1. The van der Waals surface area contributed by atoms with Gasteiger partial charge in [-0.3, -0.25) is 18.8 Å². The summed E-state index contributed by atoms with van der Waals surface area (Å²) in [5, 5.41) is 2.64. The molecule has 0 atom stereocenters. The van der Waals surface area contributed by atoms with E-state index in [-0.39, 0.29) is 26.9 Å². The fourth-order valence-corrected chi connectivity index (χ4v) is 6.19. The van der Waals surface area contributed by atoms with Crippen molar-refractivity contribution in [2.45, 2.75) is 16.7 Å². The van der Waals surface area contributed by atoms with E-state index in [0.717, 1.165) is 9.87 Å². The van der Waals surface area contributed by atoms with Gasteiger partial charge in [0.15, 0.2) is 0 Å². The molecule has 1 heterocycles. The molecule has 4 rings (SSSR count). The minimum Gasteiger partial charge on any atom is -0.495 e. The van der Waals surface area contributed by atoms with E-state index < -0.39 is 32.5 Å². The number of sulfonamides is 2. The van der Waals surface area contributed by atoms with Crippen LogP contribution in [0.3, 0.4) is 0 Å². The Morgan fingerprint density at radius 2 is 1.59 bits per heavy atom. The number of hydrogen-bond acceptors (Lipinski definition) is 7. The molecule has 0 aliphatic rings. The molecule has 0 aliphatic carbocycles. The van der Waals surface area contributed by atoms with Gasteiger partial charge in [-0.25, -0.2) is 16.8 Å². The first-order chi connectivity index (χ1) is 18.6. The lowest BCUT2D eigenvalue weighted by atomic mass is 10.2. The number of amides is 1. The monoisotopic (exact) mass is 566 g/mol. The molecule has 0 aliphatic heterocycles. The van der Waals surface area contributed by atoms with Crippen molar-refractivity contribution in [1.29, 1.82) is 0 Å². The van der Waals surface area contributed by atoms with Gasteiger partial charge in [0.2, 0.25) is 5.91 Å². The first kappa shape index (κ1) is 27.6. The van der Waals surface area contributed by atoms with Gasteiger partial charge in [-0.2, -0.15) is 0 Å². The number of benzene rings is 3. The number of nitrogens with zero attached hydrogens (tertiary/aromatic N) is 2. The Hall–Kier alpha value is -4.42. The molecule has 3 aromatic carbocycles. The van der Waals surface area contributed by atoms with Crippen LogP contribution in [-0.4, -0.2) is 41.4 Å². The van der Waals surface area contributed by atoms with Crippen molar-refractivity contribution in [2.24, 2.45) is 0 Å². The van der Waals surface area contributed by atoms with E-state index in [4.69, 9.17) is 4.74 Å². The highest BCUT2D eigenvalue weighted by molar-refractivity contribution is 7.93. The Balaban J connectivity index is 1.58. The molecule has 0 fully saturated rings. The van der Waals surface area contributed by atoms with Crippen molar-refractivity contribution >= 4 is 43.0 Å². The van der Waals surface area contributed by atoms with Crippen LogP contribution in [0.5, 0.6) is 5.75 Å². The van der Waals surface area contributed by atoms with Crippen LogP contribution in [0.2, 0.25) is 0 Å². The topological polar surface area (TPSA) is 135 Å². The number of methoxy groups -OCH3 is 1. The number of rotatable bonds is 10. The van der Waals surface area contributed by atoms with Crippen LogP contribution in [0.1, 0.15) is 5.56 Å². The largest absolute Gasteiger partial charge is 0.495 e. The standard InChI is InChI=1S/C27H26N4O6S2/c1-20-10-15-26(37-2)25(17-20)31(39(35,36)24-8-4-3-5-9-24)19-27(32)29-21-11-13-23(14-12-21)38(33,34)30-22-7-6-16-28-18-22/h3-18,30H,19H2,1-2H3,(H,29,32). The molecule has 0 saturated heterocycles. The van der Waals surface area contributed by atoms with E-state index in [1.165, 1.54) is 55.9 Å². The van der Waals surface area contributed by atoms with Gasteiger partial charge >= 0.3 is 0 Å². The Kier molecular flexibility index (Phi) is 8.17. The third-order valence-corrected chi connectivity index (χ3v) is 8.75. The number of aryl methyl sites for hydroxylation is 1. The summed E-state index contributed by atoms with van der Waals surface area (Å²) in [4.78, 5) is 16.9. The van der Waals surface area contributed by atoms with Crippen LogP contribution in [0.4, 0.5) is 17.1 Å². The maximum absolute atomic E-state index is 13.6. The van der Waals surface area contributed by atoms with E-state index in [1.807, 2.05) is 0 Å². The Morgan fingerprint density at radius 1 is 0.872 bits per heavy atom. The number of aromatic nitrogens is 1. The lowest BCUT2D eigenvalue weighted by Gasteiger charge is -2.26. The van der Waals surface area contributed by atoms with E-state index in [0.29, 0.717) is 5.69 Å². The van der Waals surface area contributed by atoms with Crippen LogP contribution in [0, 0.1) is 6.92 Å². The molecule has 1 amide bonds. The second kappa shape index (κ2) is 11.5. The average Bonchev–Trinajstić information content (AvgIpc) is 2.93. The number of anilines is 3. The van der Waals surface area contributed by atoms with E-state index in [2.05, 4.69) is 15.0 Å². The molecule has 1 aromatic heterocycles. The third-order valence-electron chi connectivity index (χ3n) is 5.58. The summed E-state index contributed by atoms with van der Waals surface area (Å²) in [7, 11) is -6.61. The molecule has 0 spiro atoms. The Bertz CT molecular complexity index is 1660. The lowest BCUT2D eigenvalue weighted by molar-refractivity contribution is -0.114. The quantitative estimate of drug-likeness (QED) is 0.296. The predicted octanol–water partition coefficient (Wildman–Crippen LogP) is 4.03. The second-order valence-electron chi connectivity index (χ2n) is 8.42. The molecule has 0 radical (unpaired) electrons. The Morgan fingerprint density at radius 3 is 2.23 bits per heavy atom. The summed E-state index contributed by atoms with van der Waals surface area (Å²) in [5.41, 5.74) is 1.57. The highest BCUT2D eigenvalue weighted by atomic mass is 32.2.